The highest BCUT2D eigenvalue weighted by molar-refractivity contribution is 7.89. The van der Waals surface area contributed by atoms with Gasteiger partial charge in [-0.2, -0.15) is 0 Å². The van der Waals surface area contributed by atoms with Gasteiger partial charge in [0.25, 0.3) is 0 Å². The van der Waals surface area contributed by atoms with Crippen LogP contribution in [0.15, 0.2) is 41.6 Å². The number of rotatable bonds is 7. The van der Waals surface area contributed by atoms with E-state index in [4.69, 9.17) is 0 Å². The highest BCUT2D eigenvalue weighted by Gasteiger charge is 2.21. The van der Waals surface area contributed by atoms with Gasteiger partial charge in [0.05, 0.1) is 4.90 Å². The molecule has 1 aromatic heterocycles. The van der Waals surface area contributed by atoms with Gasteiger partial charge in [0.15, 0.2) is 0 Å². The lowest BCUT2D eigenvalue weighted by Gasteiger charge is -2.15. The molecule has 1 aromatic carbocycles. The van der Waals surface area contributed by atoms with Crippen molar-refractivity contribution in [3.05, 3.63) is 36.7 Å². The first-order chi connectivity index (χ1) is 10.5. The first-order valence-corrected chi connectivity index (χ1v) is 9.10. The maximum Gasteiger partial charge on any atom is 0.240 e. The lowest BCUT2D eigenvalue weighted by Crippen LogP contribution is -2.40. The smallest absolute Gasteiger partial charge is 0.240 e. The van der Waals surface area contributed by atoms with Crippen molar-refractivity contribution in [2.45, 2.75) is 30.7 Å². The summed E-state index contributed by atoms with van der Waals surface area (Å²) in [6, 6.07) is 6.76. The predicted molar refractivity (Wildman–Crippen MR) is 102 cm³/mol. The maximum absolute atomic E-state index is 12.4. The Bertz CT molecular complexity index is 767. The second-order valence-corrected chi connectivity index (χ2v) is 7.72. The van der Waals surface area contributed by atoms with Gasteiger partial charge >= 0.3 is 0 Å². The Morgan fingerprint density at radius 1 is 1.21 bits per heavy atom. The molecule has 24 heavy (non-hydrogen) atoms. The zero-order valence-electron chi connectivity index (χ0n) is 13.4. The normalized spacial score (nSPS) is 15.4. The summed E-state index contributed by atoms with van der Waals surface area (Å²) in [6.07, 6.45) is 5.97. The molecular formula is C16H23Cl2N3O2S. The van der Waals surface area contributed by atoms with Crippen molar-refractivity contribution < 1.29 is 8.42 Å². The van der Waals surface area contributed by atoms with Crippen LogP contribution in [-0.2, 0) is 10.0 Å². The molecule has 0 spiro atoms. The van der Waals surface area contributed by atoms with Gasteiger partial charge in [0.1, 0.15) is 0 Å². The zero-order valence-corrected chi connectivity index (χ0v) is 15.9. The van der Waals surface area contributed by atoms with E-state index in [0.717, 1.165) is 23.2 Å². The van der Waals surface area contributed by atoms with E-state index in [0.29, 0.717) is 11.4 Å². The van der Waals surface area contributed by atoms with Crippen LogP contribution in [0.1, 0.15) is 19.8 Å². The zero-order chi connectivity index (χ0) is 15.6. The minimum absolute atomic E-state index is 0. The van der Waals surface area contributed by atoms with Gasteiger partial charge in [-0.3, -0.25) is 4.98 Å². The molecule has 0 saturated heterocycles. The van der Waals surface area contributed by atoms with Gasteiger partial charge in [-0.1, -0.05) is 6.07 Å². The van der Waals surface area contributed by atoms with Gasteiger partial charge in [-0.15, -0.1) is 24.8 Å². The summed E-state index contributed by atoms with van der Waals surface area (Å²) in [5.74, 6) is 0.790. The van der Waals surface area contributed by atoms with Crippen LogP contribution in [0.5, 0.6) is 0 Å². The summed E-state index contributed by atoms with van der Waals surface area (Å²) >= 11 is 0. The second-order valence-electron chi connectivity index (χ2n) is 6.01. The molecule has 1 aliphatic carbocycles. The van der Waals surface area contributed by atoms with E-state index in [2.05, 4.69) is 15.0 Å². The Labute approximate surface area is 155 Å². The maximum atomic E-state index is 12.4. The van der Waals surface area contributed by atoms with Crippen molar-refractivity contribution in [2.75, 3.05) is 13.1 Å². The molecule has 1 fully saturated rings. The summed E-state index contributed by atoms with van der Waals surface area (Å²) in [6.45, 7) is 3.50. The third-order valence-electron chi connectivity index (χ3n) is 3.86. The lowest BCUT2D eigenvalue weighted by atomic mass is 10.2. The Kier molecular flexibility index (Phi) is 7.89. The van der Waals surface area contributed by atoms with Crippen molar-refractivity contribution in [1.29, 1.82) is 0 Å². The summed E-state index contributed by atoms with van der Waals surface area (Å²) in [5, 5.41) is 5.12. The summed E-state index contributed by atoms with van der Waals surface area (Å²) < 4.78 is 27.6. The number of pyridine rings is 1. The molecule has 0 bridgehead atoms. The molecule has 3 rings (SSSR count). The molecule has 1 heterocycles. The van der Waals surface area contributed by atoms with E-state index in [1.54, 1.807) is 30.6 Å². The fourth-order valence-corrected chi connectivity index (χ4v) is 3.71. The third kappa shape index (κ3) is 5.57. The monoisotopic (exact) mass is 391 g/mol. The molecule has 1 aliphatic rings. The average molecular weight is 392 g/mol. The molecule has 0 aliphatic heterocycles. The average Bonchev–Trinajstić information content (AvgIpc) is 3.30. The highest BCUT2D eigenvalue weighted by Crippen LogP contribution is 2.27. The molecule has 1 saturated carbocycles. The summed E-state index contributed by atoms with van der Waals surface area (Å²) in [7, 11) is -3.50. The first kappa shape index (κ1) is 21.1. The summed E-state index contributed by atoms with van der Waals surface area (Å²) in [4.78, 5) is 4.32. The molecule has 2 N–H and O–H groups in total. The van der Waals surface area contributed by atoms with Gasteiger partial charge < -0.3 is 5.32 Å². The number of nitrogens with zero attached hydrogens (tertiary/aromatic N) is 1. The number of fused-ring (bicyclic) bond motifs is 1. The number of nitrogens with one attached hydrogen (secondary N) is 2. The van der Waals surface area contributed by atoms with Crippen molar-refractivity contribution in [3.63, 3.8) is 0 Å². The van der Waals surface area contributed by atoms with E-state index in [1.165, 1.54) is 12.8 Å². The topological polar surface area (TPSA) is 71.1 Å². The van der Waals surface area contributed by atoms with Crippen molar-refractivity contribution in [3.8, 4) is 0 Å². The van der Waals surface area contributed by atoms with Crippen LogP contribution < -0.4 is 10.0 Å². The number of hydrogen-bond acceptors (Lipinski definition) is 4. The quantitative estimate of drug-likeness (QED) is 0.760. The Hall–Kier alpha value is -0.920. The SMILES string of the molecule is CC(CNCC1CC1)NS(=O)(=O)c1ccc2cnccc2c1.Cl.Cl. The van der Waals surface area contributed by atoms with Gasteiger partial charge in [-0.05, 0) is 55.8 Å². The van der Waals surface area contributed by atoms with E-state index in [9.17, 15) is 8.42 Å². The minimum Gasteiger partial charge on any atom is -0.315 e. The molecule has 5 nitrogen and oxygen atoms in total. The van der Waals surface area contributed by atoms with Crippen LogP contribution in [0.3, 0.4) is 0 Å². The Morgan fingerprint density at radius 3 is 2.67 bits per heavy atom. The van der Waals surface area contributed by atoms with Crippen LogP contribution >= 0.6 is 24.8 Å². The molecule has 0 radical (unpaired) electrons. The molecule has 1 atom stereocenters. The predicted octanol–water partition coefficient (Wildman–Crippen LogP) is 2.74. The largest absolute Gasteiger partial charge is 0.315 e. The van der Waals surface area contributed by atoms with E-state index in [-0.39, 0.29) is 30.9 Å². The van der Waals surface area contributed by atoms with Crippen molar-refractivity contribution in [1.82, 2.24) is 15.0 Å². The number of sulfonamides is 1. The number of hydrogen-bond donors (Lipinski definition) is 2. The van der Waals surface area contributed by atoms with E-state index >= 15 is 0 Å². The second kappa shape index (κ2) is 8.97. The van der Waals surface area contributed by atoms with Crippen LogP contribution in [0.25, 0.3) is 10.8 Å². The fraction of sp³-hybridized carbons (Fsp3) is 0.438. The lowest BCUT2D eigenvalue weighted by molar-refractivity contribution is 0.529. The third-order valence-corrected chi connectivity index (χ3v) is 5.45. The summed E-state index contributed by atoms with van der Waals surface area (Å²) in [5.41, 5.74) is 0. The van der Waals surface area contributed by atoms with Crippen LogP contribution in [0.4, 0.5) is 0 Å². The molecule has 8 heteroatoms. The Balaban J connectivity index is 0.00000144. The van der Waals surface area contributed by atoms with Crippen LogP contribution in [-0.4, -0.2) is 32.5 Å². The van der Waals surface area contributed by atoms with Gasteiger partial charge in [-0.25, -0.2) is 13.1 Å². The fourth-order valence-electron chi connectivity index (χ4n) is 2.43. The molecular weight excluding hydrogens is 369 g/mol. The standard InChI is InChI=1S/C16H21N3O2S.2ClH/c1-12(9-18-10-13-2-3-13)19-22(20,21)16-5-4-15-11-17-7-6-14(15)8-16;;/h4-8,11-13,18-19H,2-3,9-10H2,1H3;2*1H. The number of aromatic nitrogens is 1. The molecule has 134 valence electrons. The van der Waals surface area contributed by atoms with E-state index in [1.807, 2.05) is 13.0 Å². The molecule has 1 unspecified atom stereocenters. The van der Waals surface area contributed by atoms with Crippen LogP contribution in [0.2, 0.25) is 0 Å². The van der Waals surface area contributed by atoms with Crippen LogP contribution in [0, 0.1) is 5.92 Å². The van der Waals surface area contributed by atoms with Gasteiger partial charge in [0.2, 0.25) is 10.0 Å². The van der Waals surface area contributed by atoms with Crippen molar-refractivity contribution in [2.24, 2.45) is 5.92 Å². The number of benzene rings is 1. The molecule has 2 aromatic rings. The van der Waals surface area contributed by atoms with Gasteiger partial charge in [0, 0.05) is 30.4 Å². The Morgan fingerprint density at radius 2 is 1.96 bits per heavy atom. The van der Waals surface area contributed by atoms with Crippen molar-refractivity contribution >= 4 is 45.6 Å². The molecule has 0 amide bonds. The highest BCUT2D eigenvalue weighted by atomic mass is 35.5. The number of halogens is 2. The first-order valence-electron chi connectivity index (χ1n) is 7.61. The minimum atomic E-state index is -3.50. The van der Waals surface area contributed by atoms with E-state index < -0.39 is 10.0 Å².